The molecule has 0 saturated carbocycles. The lowest BCUT2D eigenvalue weighted by Gasteiger charge is -2.18. The van der Waals surface area contributed by atoms with Gasteiger partial charge in [-0.2, -0.15) is 9.61 Å². The highest BCUT2D eigenvalue weighted by molar-refractivity contribution is 9.10. The summed E-state index contributed by atoms with van der Waals surface area (Å²) in [4.78, 5) is 16.8. The second kappa shape index (κ2) is 10.7. The molecule has 0 fully saturated rings. The van der Waals surface area contributed by atoms with Gasteiger partial charge in [0.05, 0.1) is 16.4 Å². The number of benzene rings is 1. The molecule has 1 aromatic carbocycles. The van der Waals surface area contributed by atoms with Crippen molar-refractivity contribution in [1.82, 2.24) is 25.2 Å². The van der Waals surface area contributed by atoms with Gasteiger partial charge in [-0.15, -0.1) is 0 Å². The fraction of sp³-hybridized carbons (Fsp3) is 0.261. The maximum absolute atomic E-state index is 12.0. The summed E-state index contributed by atoms with van der Waals surface area (Å²) in [7, 11) is 0. The number of hydrogen-bond acceptors (Lipinski definition) is 4. The number of carbonyl (C=O) groups excluding carboxylic acids is 1. The minimum absolute atomic E-state index is 0.0162. The summed E-state index contributed by atoms with van der Waals surface area (Å²) in [6, 6.07) is 11.9. The summed E-state index contributed by atoms with van der Waals surface area (Å²) in [5.41, 5.74) is 2.79. The molecule has 0 radical (unpaired) electrons. The molecule has 0 saturated heterocycles. The van der Waals surface area contributed by atoms with Crippen LogP contribution in [0.25, 0.3) is 5.65 Å². The minimum Gasteiger partial charge on any atom is -0.368 e. The predicted octanol–water partition coefficient (Wildman–Crippen LogP) is 4.61. The van der Waals surface area contributed by atoms with Crippen molar-refractivity contribution in [1.29, 1.82) is 0 Å². The number of allylic oxidation sites excluding steroid dienone is 4. The number of hydrogen-bond donors (Lipinski definition) is 3. The highest BCUT2D eigenvalue weighted by Gasteiger charge is 2.20. The van der Waals surface area contributed by atoms with Crippen molar-refractivity contribution >= 4 is 45.0 Å². The summed E-state index contributed by atoms with van der Waals surface area (Å²) < 4.78 is 2.55. The fourth-order valence-corrected chi connectivity index (χ4v) is 4.14. The number of nitrogens with one attached hydrogen (secondary N) is 3. The van der Waals surface area contributed by atoms with E-state index in [9.17, 15) is 4.79 Å². The molecule has 1 aliphatic carbocycles. The van der Waals surface area contributed by atoms with Gasteiger partial charge in [-0.3, -0.25) is 0 Å². The lowest BCUT2D eigenvalue weighted by atomic mass is 9.96. The van der Waals surface area contributed by atoms with Crippen LogP contribution in [0.15, 0.2) is 70.3 Å². The smallest absolute Gasteiger partial charge is 0.314 e. The first kappa shape index (κ1) is 22.4. The van der Waals surface area contributed by atoms with Crippen molar-refractivity contribution in [3.63, 3.8) is 0 Å². The predicted molar refractivity (Wildman–Crippen MR) is 131 cm³/mol. The zero-order valence-electron chi connectivity index (χ0n) is 17.4. The van der Waals surface area contributed by atoms with Gasteiger partial charge >= 0.3 is 6.03 Å². The molecule has 9 heteroatoms. The Morgan fingerprint density at radius 1 is 1.19 bits per heavy atom. The van der Waals surface area contributed by atoms with E-state index in [4.69, 9.17) is 16.6 Å². The van der Waals surface area contributed by atoms with Gasteiger partial charge in [0, 0.05) is 36.7 Å². The minimum atomic E-state index is -0.184. The largest absolute Gasteiger partial charge is 0.368 e. The van der Waals surface area contributed by atoms with Crippen LogP contribution >= 0.6 is 27.5 Å². The van der Waals surface area contributed by atoms with E-state index in [1.54, 1.807) is 10.7 Å². The Morgan fingerprint density at radius 2 is 2.00 bits per heavy atom. The van der Waals surface area contributed by atoms with Gasteiger partial charge in [0.2, 0.25) is 0 Å². The molecule has 1 unspecified atom stereocenters. The van der Waals surface area contributed by atoms with Crippen molar-refractivity contribution in [3.8, 4) is 0 Å². The highest BCUT2D eigenvalue weighted by Crippen LogP contribution is 2.34. The molecule has 0 bridgehead atoms. The van der Waals surface area contributed by atoms with Crippen LogP contribution in [0, 0.1) is 0 Å². The number of fused-ring (bicyclic) bond motifs is 1. The second-order valence-electron chi connectivity index (χ2n) is 7.41. The Bertz CT molecular complexity index is 1140. The Balaban J connectivity index is 1.32. The average Bonchev–Trinajstić information content (AvgIpc) is 3.18. The number of anilines is 1. The number of carbonyl (C=O) groups is 1. The molecule has 2 aromatic heterocycles. The Kier molecular flexibility index (Phi) is 7.44. The standard InChI is InChI=1S/C23H24BrClN6O/c24-18-15-29-31-21(14-20(30-22(18)31)17-8-4-5-9-19(17)25)26-12-13-28-23(32)27-11-10-16-6-2-1-3-7-16/h1-7,9,14-15,17,26H,8,10-13H2,(H2,27,28,32). The average molecular weight is 516 g/mol. The van der Waals surface area contributed by atoms with Crippen molar-refractivity contribution in [2.45, 2.75) is 18.8 Å². The molecular formula is C23H24BrClN6O. The second-order valence-corrected chi connectivity index (χ2v) is 8.70. The van der Waals surface area contributed by atoms with Crippen LogP contribution in [-0.2, 0) is 6.42 Å². The third-order valence-electron chi connectivity index (χ3n) is 5.16. The quantitative estimate of drug-likeness (QED) is 0.383. The summed E-state index contributed by atoms with van der Waals surface area (Å²) in [5.74, 6) is 0.809. The Labute approximate surface area is 200 Å². The van der Waals surface area contributed by atoms with Crippen LogP contribution in [0.5, 0.6) is 0 Å². The van der Waals surface area contributed by atoms with Gasteiger partial charge in [0.15, 0.2) is 5.65 Å². The number of amides is 2. The fourth-order valence-electron chi connectivity index (χ4n) is 3.52. The van der Waals surface area contributed by atoms with E-state index in [0.717, 1.165) is 39.5 Å². The molecule has 2 heterocycles. The number of rotatable bonds is 8. The SMILES string of the molecule is O=C(NCCNc1cc(C2CC=CC=C2Cl)nc2c(Br)cnn12)NCCc1ccccc1. The molecule has 3 aromatic rings. The first-order valence-electron chi connectivity index (χ1n) is 10.5. The summed E-state index contributed by atoms with van der Waals surface area (Å²) >= 11 is 9.95. The molecule has 0 spiro atoms. The van der Waals surface area contributed by atoms with Crippen molar-refractivity contribution in [3.05, 3.63) is 81.6 Å². The summed E-state index contributed by atoms with van der Waals surface area (Å²) in [6.07, 6.45) is 9.26. The third kappa shape index (κ3) is 5.49. The van der Waals surface area contributed by atoms with Crippen molar-refractivity contribution in [2.24, 2.45) is 0 Å². The van der Waals surface area contributed by atoms with E-state index >= 15 is 0 Å². The van der Waals surface area contributed by atoms with Crippen LogP contribution < -0.4 is 16.0 Å². The number of nitrogens with zero attached hydrogens (tertiary/aromatic N) is 3. The molecule has 3 N–H and O–H groups in total. The molecular weight excluding hydrogens is 492 g/mol. The maximum Gasteiger partial charge on any atom is 0.314 e. The molecule has 1 atom stereocenters. The molecule has 1 aliphatic rings. The Morgan fingerprint density at radius 3 is 2.81 bits per heavy atom. The number of halogens is 2. The van der Waals surface area contributed by atoms with Gasteiger partial charge in [-0.05, 0) is 40.4 Å². The molecule has 166 valence electrons. The topological polar surface area (TPSA) is 83.3 Å². The highest BCUT2D eigenvalue weighted by atomic mass is 79.9. The maximum atomic E-state index is 12.0. The van der Waals surface area contributed by atoms with Gasteiger partial charge < -0.3 is 16.0 Å². The van der Waals surface area contributed by atoms with E-state index in [2.05, 4.69) is 43.1 Å². The van der Waals surface area contributed by atoms with Crippen molar-refractivity contribution in [2.75, 3.05) is 25.0 Å². The van der Waals surface area contributed by atoms with Crippen LogP contribution in [0.2, 0.25) is 0 Å². The first-order chi connectivity index (χ1) is 15.6. The summed E-state index contributed by atoms with van der Waals surface area (Å²) in [5, 5.41) is 14.3. The van der Waals surface area contributed by atoms with E-state index in [-0.39, 0.29) is 11.9 Å². The summed E-state index contributed by atoms with van der Waals surface area (Å²) in [6.45, 7) is 1.59. The van der Waals surface area contributed by atoms with Crippen molar-refractivity contribution < 1.29 is 4.79 Å². The van der Waals surface area contributed by atoms with Crippen LogP contribution in [0.1, 0.15) is 23.6 Å². The Hall–Kier alpha value is -2.84. The van der Waals surface area contributed by atoms with Crippen LogP contribution in [-0.4, -0.2) is 40.3 Å². The number of urea groups is 1. The zero-order valence-corrected chi connectivity index (χ0v) is 19.7. The van der Waals surface area contributed by atoms with E-state index in [0.29, 0.717) is 19.6 Å². The number of aromatic nitrogens is 3. The van der Waals surface area contributed by atoms with E-state index in [1.165, 1.54) is 5.56 Å². The van der Waals surface area contributed by atoms with Gasteiger partial charge in [-0.25, -0.2) is 9.78 Å². The molecule has 2 amide bonds. The van der Waals surface area contributed by atoms with Gasteiger partial charge in [0.1, 0.15) is 5.82 Å². The van der Waals surface area contributed by atoms with Crippen LogP contribution in [0.3, 0.4) is 0 Å². The molecule has 0 aliphatic heterocycles. The van der Waals surface area contributed by atoms with E-state index < -0.39 is 0 Å². The van der Waals surface area contributed by atoms with E-state index in [1.807, 2.05) is 48.6 Å². The zero-order chi connectivity index (χ0) is 22.3. The molecule has 32 heavy (non-hydrogen) atoms. The lowest BCUT2D eigenvalue weighted by Crippen LogP contribution is -2.38. The normalized spacial score (nSPS) is 15.4. The molecule has 4 rings (SSSR count). The first-order valence-corrected chi connectivity index (χ1v) is 11.6. The van der Waals surface area contributed by atoms with Gasteiger partial charge in [-0.1, -0.05) is 54.1 Å². The van der Waals surface area contributed by atoms with Gasteiger partial charge in [0.25, 0.3) is 0 Å². The monoisotopic (exact) mass is 514 g/mol. The lowest BCUT2D eigenvalue weighted by molar-refractivity contribution is 0.241. The third-order valence-corrected chi connectivity index (χ3v) is 6.11. The molecule has 7 nitrogen and oxygen atoms in total. The van der Waals surface area contributed by atoms with Crippen LogP contribution in [0.4, 0.5) is 10.6 Å².